The minimum Gasteiger partial charge on any atom is -0.507 e. The highest BCUT2D eigenvalue weighted by molar-refractivity contribution is 5.75. The molecule has 0 atom stereocenters. The number of phenols is 1. The van der Waals surface area contributed by atoms with Crippen molar-refractivity contribution in [1.82, 2.24) is 25.1 Å². The standard InChI is InChI=1S/C28H37N9O3/c1-28(2,3)40-27(39)37-15-9-34(10-16-37)20-18-30-26(31-19-20)36-13-11-35(12-14-36)23-17-22(32-33-25(23)29-4)21-7-5-6-8-24(21)38/h5-8,17-19,38H,9-16H2,1-4H3,(H,29,33). The first kappa shape index (κ1) is 27.2. The minimum atomic E-state index is -0.497. The van der Waals surface area contributed by atoms with E-state index in [-0.39, 0.29) is 11.8 Å². The number of ether oxygens (including phenoxy) is 1. The maximum atomic E-state index is 12.4. The normalized spacial score (nSPS) is 16.2. The summed E-state index contributed by atoms with van der Waals surface area (Å²) in [6, 6.07) is 9.11. The van der Waals surface area contributed by atoms with Crippen molar-refractivity contribution < 1.29 is 14.6 Å². The van der Waals surface area contributed by atoms with Crippen molar-refractivity contribution in [2.75, 3.05) is 79.4 Å². The molecule has 2 N–H and O–H groups in total. The van der Waals surface area contributed by atoms with Crippen LogP contribution >= 0.6 is 0 Å². The van der Waals surface area contributed by atoms with E-state index in [1.807, 2.05) is 58.4 Å². The predicted molar refractivity (Wildman–Crippen MR) is 155 cm³/mol. The number of amides is 1. The van der Waals surface area contributed by atoms with Crippen molar-refractivity contribution in [3.8, 4) is 17.0 Å². The molecule has 4 heterocycles. The maximum absolute atomic E-state index is 12.4. The Labute approximate surface area is 234 Å². The number of carbonyl (C=O) groups excluding carboxylic acids is 1. The Morgan fingerprint density at radius 1 is 0.900 bits per heavy atom. The van der Waals surface area contributed by atoms with Crippen LogP contribution in [0, 0.1) is 0 Å². The van der Waals surface area contributed by atoms with E-state index in [1.165, 1.54) is 0 Å². The zero-order chi connectivity index (χ0) is 28.3. The van der Waals surface area contributed by atoms with E-state index < -0.39 is 5.60 Å². The lowest BCUT2D eigenvalue weighted by Crippen LogP contribution is -2.50. The minimum absolute atomic E-state index is 0.176. The highest BCUT2D eigenvalue weighted by Crippen LogP contribution is 2.32. The van der Waals surface area contributed by atoms with Crippen LogP contribution in [0.5, 0.6) is 5.75 Å². The molecular formula is C28H37N9O3. The number of hydrogen-bond acceptors (Lipinski definition) is 11. The molecule has 1 aromatic carbocycles. The summed E-state index contributed by atoms with van der Waals surface area (Å²) in [7, 11) is 1.83. The topological polar surface area (TPSA) is 123 Å². The molecule has 40 heavy (non-hydrogen) atoms. The Balaban J connectivity index is 1.19. The van der Waals surface area contributed by atoms with Crippen LogP contribution in [-0.4, -0.2) is 101 Å². The fourth-order valence-electron chi connectivity index (χ4n) is 4.88. The zero-order valence-corrected chi connectivity index (χ0v) is 23.5. The molecule has 212 valence electrons. The van der Waals surface area contributed by atoms with E-state index in [0.717, 1.165) is 37.6 Å². The molecule has 1 amide bonds. The Kier molecular flexibility index (Phi) is 7.76. The fourth-order valence-corrected chi connectivity index (χ4v) is 4.88. The van der Waals surface area contributed by atoms with Gasteiger partial charge in [-0.25, -0.2) is 14.8 Å². The number of carbonyl (C=O) groups is 1. The lowest BCUT2D eigenvalue weighted by Gasteiger charge is -2.37. The van der Waals surface area contributed by atoms with Gasteiger partial charge in [0.1, 0.15) is 11.4 Å². The molecule has 12 nitrogen and oxygen atoms in total. The summed E-state index contributed by atoms with van der Waals surface area (Å²) in [6.45, 7) is 11.3. The second-order valence-electron chi connectivity index (χ2n) is 10.9. The number of benzene rings is 1. The van der Waals surface area contributed by atoms with Gasteiger partial charge in [0.15, 0.2) is 5.82 Å². The Hall–Kier alpha value is -4.35. The number of rotatable bonds is 5. The second-order valence-corrected chi connectivity index (χ2v) is 10.9. The van der Waals surface area contributed by atoms with Gasteiger partial charge in [0.25, 0.3) is 0 Å². The molecule has 0 unspecified atom stereocenters. The molecule has 2 aliphatic heterocycles. The number of hydrogen-bond donors (Lipinski definition) is 2. The first-order valence-electron chi connectivity index (χ1n) is 13.6. The van der Waals surface area contributed by atoms with E-state index in [9.17, 15) is 9.90 Å². The van der Waals surface area contributed by atoms with Gasteiger partial charge in [-0.05, 0) is 39.0 Å². The quantitative estimate of drug-likeness (QED) is 0.490. The van der Waals surface area contributed by atoms with Gasteiger partial charge in [-0.1, -0.05) is 12.1 Å². The summed E-state index contributed by atoms with van der Waals surface area (Å²) in [5.74, 6) is 1.57. The molecular weight excluding hydrogens is 510 g/mol. The zero-order valence-electron chi connectivity index (χ0n) is 23.5. The first-order chi connectivity index (χ1) is 19.2. The van der Waals surface area contributed by atoms with Crippen molar-refractivity contribution >= 4 is 29.2 Å². The van der Waals surface area contributed by atoms with Gasteiger partial charge in [0.05, 0.1) is 29.5 Å². The molecule has 0 radical (unpaired) electrons. The van der Waals surface area contributed by atoms with Gasteiger partial charge < -0.3 is 34.8 Å². The molecule has 2 saturated heterocycles. The van der Waals surface area contributed by atoms with Gasteiger partial charge in [0, 0.05) is 65.0 Å². The van der Waals surface area contributed by atoms with Crippen molar-refractivity contribution in [3.63, 3.8) is 0 Å². The third-order valence-corrected chi connectivity index (χ3v) is 7.01. The lowest BCUT2D eigenvalue weighted by atomic mass is 10.1. The number of piperazine rings is 2. The summed E-state index contributed by atoms with van der Waals surface area (Å²) in [6.07, 6.45) is 3.46. The molecule has 2 aromatic heterocycles. The van der Waals surface area contributed by atoms with Crippen molar-refractivity contribution in [2.24, 2.45) is 0 Å². The molecule has 12 heteroatoms. The van der Waals surface area contributed by atoms with Crippen LogP contribution in [0.15, 0.2) is 42.7 Å². The van der Waals surface area contributed by atoms with Crippen molar-refractivity contribution in [2.45, 2.75) is 26.4 Å². The third kappa shape index (κ3) is 6.11. The summed E-state index contributed by atoms with van der Waals surface area (Å²) in [5.41, 5.74) is 2.67. The fraction of sp³-hybridized carbons (Fsp3) is 0.464. The second kappa shape index (κ2) is 11.4. The lowest BCUT2D eigenvalue weighted by molar-refractivity contribution is 0.0240. The van der Waals surface area contributed by atoms with E-state index in [4.69, 9.17) is 4.74 Å². The van der Waals surface area contributed by atoms with Crippen LogP contribution in [-0.2, 0) is 4.74 Å². The largest absolute Gasteiger partial charge is 0.507 e. The summed E-state index contributed by atoms with van der Waals surface area (Å²) >= 11 is 0. The molecule has 2 fully saturated rings. The summed E-state index contributed by atoms with van der Waals surface area (Å²) in [4.78, 5) is 30.1. The number of phenolic OH excluding ortho intramolecular Hbond substituents is 1. The van der Waals surface area contributed by atoms with Crippen LogP contribution in [0.1, 0.15) is 20.8 Å². The number of aromatic nitrogens is 4. The third-order valence-electron chi connectivity index (χ3n) is 7.01. The van der Waals surface area contributed by atoms with Gasteiger partial charge in [0.2, 0.25) is 5.95 Å². The number of para-hydroxylation sites is 1. The highest BCUT2D eigenvalue weighted by atomic mass is 16.6. The monoisotopic (exact) mass is 547 g/mol. The number of nitrogens with zero attached hydrogens (tertiary/aromatic N) is 8. The van der Waals surface area contributed by atoms with Crippen molar-refractivity contribution in [3.05, 3.63) is 42.7 Å². The van der Waals surface area contributed by atoms with Crippen LogP contribution in [0.3, 0.4) is 0 Å². The molecule has 3 aromatic rings. The van der Waals surface area contributed by atoms with Gasteiger partial charge in [-0.3, -0.25) is 0 Å². The van der Waals surface area contributed by atoms with Gasteiger partial charge in [-0.2, -0.15) is 0 Å². The van der Waals surface area contributed by atoms with Crippen LogP contribution in [0.2, 0.25) is 0 Å². The number of anilines is 4. The summed E-state index contributed by atoms with van der Waals surface area (Å²) in [5, 5.41) is 22.1. The Morgan fingerprint density at radius 2 is 1.52 bits per heavy atom. The van der Waals surface area contributed by atoms with Crippen LogP contribution < -0.4 is 20.0 Å². The molecule has 0 aliphatic carbocycles. The van der Waals surface area contributed by atoms with Crippen LogP contribution in [0.4, 0.5) is 27.9 Å². The van der Waals surface area contributed by atoms with Crippen molar-refractivity contribution in [1.29, 1.82) is 0 Å². The average molecular weight is 548 g/mol. The molecule has 0 spiro atoms. The molecule has 0 saturated carbocycles. The van der Waals surface area contributed by atoms with Crippen LogP contribution in [0.25, 0.3) is 11.3 Å². The van der Waals surface area contributed by atoms with E-state index in [0.29, 0.717) is 49.2 Å². The van der Waals surface area contributed by atoms with E-state index in [2.05, 4.69) is 40.2 Å². The van der Waals surface area contributed by atoms with E-state index >= 15 is 0 Å². The Bertz CT molecular complexity index is 1310. The number of aromatic hydroxyl groups is 1. The highest BCUT2D eigenvalue weighted by Gasteiger charge is 2.27. The predicted octanol–water partition coefficient (Wildman–Crippen LogP) is 3.06. The molecule has 5 rings (SSSR count). The maximum Gasteiger partial charge on any atom is 0.410 e. The van der Waals surface area contributed by atoms with E-state index in [1.54, 1.807) is 17.0 Å². The summed E-state index contributed by atoms with van der Waals surface area (Å²) < 4.78 is 5.50. The smallest absolute Gasteiger partial charge is 0.410 e. The molecule has 2 aliphatic rings. The number of nitrogens with one attached hydrogen (secondary N) is 1. The molecule has 0 bridgehead atoms. The SMILES string of the molecule is CNc1nnc(-c2ccccc2O)cc1N1CCN(c2ncc(N3CCN(C(=O)OC(C)(C)C)CC3)cn2)CC1. The Morgan fingerprint density at radius 3 is 2.15 bits per heavy atom. The first-order valence-corrected chi connectivity index (χ1v) is 13.6. The average Bonchev–Trinajstić information content (AvgIpc) is 2.96. The van der Waals surface area contributed by atoms with Gasteiger partial charge in [-0.15, -0.1) is 10.2 Å². The van der Waals surface area contributed by atoms with Gasteiger partial charge >= 0.3 is 6.09 Å².